The van der Waals surface area contributed by atoms with Crippen LogP contribution in [0, 0.1) is 0 Å². The lowest BCUT2D eigenvalue weighted by Crippen LogP contribution is -2.60. The van der Waals surface area contributed by atoms with E-state index in [0.29, 0.717) is 5.56 Å². The molecule has 1 aliphatic rings. The molecule has 0 saturated carbocycles. The first-order chi connectivity index (χ1) is 19.9. The molecule has 230 valence electrons. The van der Waals surface area contributed by atoms with Crippen LogP contribution in [0.2, 0.25) is 0 Å². The van der Waals surface area contributed by atoms with Gasteiger partial charge in [0.2, 0.25) is 10.0 Å². The topological polar surface area (TPSA) is 205 Å². The van der Waals surface area contributed by atoms with Crippen LogP contribution in [-0.4, -0.2) is 78.3 Å². The maximum absolute atomic E-state index is 12.5. The molecule has 0 spiro atoms. The summed E-state index contributed by atoms with van der Waals surface area (Å²) in [7, 11) is -4.00. The molecule has 2 aromatic rings. The third-order valence-corrected chi connectivity index (χ3v) is 7.12. The Kier molecular flexibility index (Phi) is 11.1. The quantitative estimate of drug-likeness (QED) is 0.267. The zero-order valence-corrected chi connectivity index (χ0v) is 24.4. The van der Waals surface area contributed by atoms with E-state index >= 15 is 0 Å². The van der Waals surface area contributed by atoms with Gasteiger partial charge >= 0.3 is 23.9 Å². The Labute approximate surface area is 242 Å². The number of primary sulfonamides is 1. The highest BCUT2D eigenvalue weighted by Crippen LogP contribution is 2.35. The van der Waals surface area contributed by atoms with Crippen LogP contribution in [0.4, 0.5) is 0 Å². The van der Waals surface area contributed by atoms with Crippen molar-refractivity contribution in [3.05, 3.63) is 30.5 Å². The number of rotatable bonds is 12. The molecular formula is C26H34N4O11S. The van der Waals surface area contributed by atoms with Gasteiger partial charge in [0, 0.05) is 31.2 Å². The van der Waals surface area contributed by atoms with Gasteiger partial charge < -0.3 is 23.7 Å². The molecule has 16 heteroatoms. The van der Waals surface area contributed by atoms with Crippen LogP contribution >= 0.6 is 0 Å². The summed E-state index contributed by atoms with van der Waals surface area (Å²) in [6.07, 6.45) is -5.23. The standard InChI is InChI=1S/C26H34N4O11S/c1-5-19(31)37-14-18-23(39-20(32)6-2)24(40-21(33)7-3)25(41-22(34)8-4)26(38-18)30-13-17(28-29-30)15-10-9-11-16(12-15)42(27,35)36/h9-13,18,23-26H,5-8,14H2,1-4H3,(H2,27,35,36)/t18-,23+,24+,25-,26-/m1/s1. The molecule has 1 aromatic carbocycles. The summed E-state index contributed by atoms with van der Waals surface area (Å²) in [5.74, 6) is -2.58. The minimum Gasteiger partial charge on any atom is -0.463 e. The van der Waals surface area contributed by atoms with Gasteiger partial charge in [0.25, 0.3) is 0 Å². The number of carbonyl (C=O) groups is 4. The van der Waals surface area contributed by atoms with Gasteiger partial charge in [0.1, 0.15) is 18.4 Å². The maximum Gasteiger partial charge on any atom is 0.306 e. The van der Waals surface area contributed by atoms with Crippen LogP contribution < -0.4 is 5.14 Å². The summed E-state index contributed by atoms with van der Waals surface area (Å²) < 4.78 is 53.2. The van der Waals surface area contributed by atoms with E-state index in [1.54, 1.807) is 33.8 Å². The molecule has 0 aliphatic carbocycles. The van der Waals surface area contributed by atoms with Crippen LogP contribution in [-0.2, 0) is 52.9 Å². The van der Waals surface area contributed by atoms with E-state index in [1.165, 1.54) is 29.1 Å². The molecule has 15 nitrogen and oxygen atoms in total. The number of hydrogen-bond acceptors (Lipinski definition) is 13. The minimum atomic E-state index is -4.00. The van der Waals surface area contributed by atoms with Crippen LogP contribution in [0.1, 0.15) is 59.6 Å². The van der Waals surface area contributed by atoms with E-state index in [1.807, 2.05) is 0 Å². The minimum absolute atomic E-state index is 0.0285. The SMILES string of the molecule is CCC(=O)OC[C@H]1O[C@@H](n2cc(-c3cccc(S(N)(=O)=O)c3)nn2)[C@H](OC(=O)CC)[C@@H](OC(=O)CC)[C@H]1OC(=O)CC. The van der Waals surface area contributed by atoms with Crippen molar-refractivity contribution in [2.24, 2.45) is 5.14 Å². The molecule has 0 bridgehead atoms. The first-order valence-corrected chi connectivity index (χ1v) is 14.9. The highest BCUT2D eigenvalue weighted by Gasteiger charge is 2.53. The summed E-state index contributed by atoms with van der Waals surface area (Å²) in [4.78, 5) is 49.3. The average molecular weight is 611 g/mol. The Morgan fingerprint density at radius 2 is 1.45 bits per heavy atom. The molecule has 1 saturated heterocycles. The number of aromatic nitrogens is 3. The van der Waals surface area contributed by atoms with E-state index in [4.69, 9.17) is 28.8 Å². The molecule has 1 aromatic heterocycles. The van der Waals surface area contributed by atoms with Crippen molar-refractivity contribution in [1.29, 1.82) is 0 Å². The Morgan fingerprint density at radius 1 is 0.881 bits per heavy atom. The summed E-state index contributed by atoms with van der Waals surface area (Å²) in [5.41, 5.74) is 0.558. The third-order valence-electron chi connectivity index (χ3n) is 6.20. The molecule has 0 amide bonds. The number of esters is 4. The molecule has 5 atom stereocenters. The highest BCUT2D eigenvalue weighted by atomic mass is 32.2. The summed E-state index contributed by atoms with van der Waals surface area (Å²) in [6.45, 7) is 5.87. The van der Waals surface area contributed by atoms with Gasteiger partial charge in [-0.25, -0.2) is 18.2 Å². The second-order valence-corrected chi connectivity index (χ2v) is 10.7. The first-order valence-electron chi connectivity index (χ1n) is 13.4. The van der Waals surface area contributed by atoms with Gasteiger partial charge in [-0.3, -0.25) is 19.2 Å². The zero-order valence-electron chi connectivity index (χ0n) is 23.6. The largest absolute Gasteiger partial charge is 0.463 e. The fraction of sp³-hybridized carbons (Fsp3) is 0.538. The van der Waals surface area contributed by atoms with E-state index in [2.05, 4.69) is 10.3 Å². The number of hydrogen-bond donors (Lipinski definition) is 1. The molecule has 2 N–H and O–H groups in total. The lowest BCUT2D eigenvalue weighted by molar-refractivity contribution is -0.271. The Hall–Kier alpha value is -3.89. The number of sulfonamides is 1. The monoisotopic (exact) mass is 610 g/mol. The fourth-order valence-corrected chi connectivity index (χ4v) is 4.55. The molecule has 0 radical (unpaired) electrons. The van der Waals surface area contributed by atoms with Gasteiger partial charge in [-0.2, -0.15) is 0 Å². The van der Waals surface area contributed by atoms with Crippen molar-refractivity contribution in [3.8, 4) is 11.3 Å². The number of nitrogens with two attached hydrogens (primary N) is 1. The lowest BCUT2D eigenvalue weighted by atomic mass is 9.97. The van der Waals surface area contributed by atoms with E-state index in [0.717, 1.165) is 0 Å². The van der Waals surface area contributed by atoms with Crippen molar-refractivity contribution >= 4 is 33.9 Å². The summed E-state index contributed by atoms with van der Waals surface area (Å²) in [6, 6.07) is 5.68. The number of ether oxygens (including phenoxy) is 5. The maximum atomic E-state index is 12.5. The molecule has 0 unspecified atom stereocenters. The van der Waals surface area contributed by atoms with Crippen LogP contribution in [0.15, 0.2) is 35.4 Å². The Bertz CT molecular complexity index is 1390. The van der Waals surface area contributed by atoms with Crippen molar-refractivity contribution in [3.63, 3.8) is 0 Å². The molecule has 1 fully saturated rings. The first kappa shape index (κ1) is 32.6. The second-order valence-electron chi connectivity index (χ2n) is 9.18. The Balaban J connectivity index is 2.11. The predicted molar refractivity (Wildman–Crippen MR) is 143 cm³/mol. The highest BCUT2D eigenvalue weighted by molar-refractivity contribution is 7.89. The number of nitrogens with zero attached hydrogens (tertiary/aromatic N) is 3. The van der Waals surface area contributed by atoms with Crippen molar-refractivity contribution in [2.75, 3.05) is 6.61 Å². The summed E-state index contributed by atoms with van der Waals surface area (Å²) in [5, 5.41) is 13.4. The average Bonchev–Trinajstić information content (AvgIpc) is 3.47. The van der Waals surface area contributed by atoms with E-state index in [-0.39, 0.29) is 36.3 Å². The predicted octanol–water partition coefficient (Wildman–Crippen LogP) is 1.41. The van der Waals surface area contributed by atoms with Crippen molar-refractivity contribution < 1.29 is 51.3 Å². The summed E-state index contributed by atoms with van der Waals surface area (Å²) >= 11 is 0. The fourth-order valence-electron chi connectivity index (χ4n) is 3.99. The molecule has 2 heterocycles. The molecule has 3 rings (SSSR count). The number of benzene rings is 1. The zero-order chi connectivity index (χ0) is 31.0. The molecular weight excluding hydrogens is 576 g/mol. The van der Waals surface area contributed by atoms with Crippen molar-refractivity contribution in [2.45, 2.75) is 88.9 Å². The van der Waals surface area contributed by atoms with Gasteiger partial charge in [-0.15, -0.1) is 5.10 Å². The van der Waals surface area contributed by atoms with Gasteiger partial charge in [-0.1, -0.05) is 45.0 Å². The smallest absolute Gasteiger partial charge is 0.306 e. The Morgan fingerprint density at radius 3 is 2.02 bits per heavy atom. The normalized spacial score (nSPS) is 22.2. The van der Waals surface area contributed by atoms with E-state index in [9.17, 15) is 27.6 Å². The van der Waals surface area contributed by atoms with Crippen LogP contribution in [0.5, 0.6) is 0 Å². The van der Waals surface area contributed by atoms with Gasteiger partial charge in [-0.05, 0) is 12.1 Å². The van der Waals surface area contributed by atoms with Crippen molar-refractivity contribution in [1.82, 2.24) is 15.0 Å². The third kappa shape index (κ3) is 8.10. The van der Waals surface area contributed by atoms with Crippen LogP contribution in [0.25, 0.3) is 11.3 Å². The van der Waals surface area contributed by atoms with Crippen LogP contribution in [0.3, 0.4) is 0 Å². The van der Waals surface area contributed by atoms with Gasteiger partial charge in [0.15, 0.2) is 24.5 Å². The van der Waals surface area contributed by atoms with E-state index < -0.39 is 71.2 Å². The molecule has 42 heavy (non-hydrogen) atoms. The molecule has 1 aliphatic heterocycles. The second kappa shape index (κ2) is 14.3. The lowest BCUT2D eigenvalue weighted by Gasteiger charge is -2.44. The number of carbonyl (C=O) groups excluding carboxylic acids is 4. The van der Waals surface area contributed by atoms with Gasteiger partial charge in [0.05, 0.1) is 11.1 Å².